The maximum Gasteiger partial charge on any atom is 0.409 e. The molecule has 3 amide bonds. The Morgan fingerprint density at radius 2 is 1.87 bits per heavy atom. The summed E-state index contributed by atoms with van der Waals surface area (Å²) in [5.41, 5.74) is 1.55. The van der Waals surface area contributed by atoms with Crippen LogP contribution in [0.5, 0.6) is 0 Å². The smallest absolute Gasteiger partial charge is 0.409 e. The molecule has 9 heteroatoms. The van der Waals surface area contributed by atoms with Crippen LogP contribution in [-0.2, 0) is 4.74 Å². The average molecular weight is 439 g/mol. The SMILES string of the molecule is COC(=O)N1CCC2(CC(N3CC=C([C@@H]4CCCN4C(=O)N4CC(F)(F)C4)CC3)C2)C1. The lowest BCUT2D eigenvalue weighted by atomic mass is 9.64. The van der Waals surface area contributed by atoms with Gasteiger partial charge in [0.15, 0.2) is 0 Å². The molecule has 0 unspecified atom stereocenters. The topological polar surface area (TPSA) is 56.3 Å². The Balaban J connectivity index is 1.13. The summed E-state index contributed by atoms with van der Waals surface area (Å²) in [5.74, 6) is -2.72. The highest BCUT2D eigenvalue weighted by Crippen LogP contribution is 2.50. The number of hydrogen-bond donors (Lipinski definition) is 0. The molecule has 1 aliphatic carbocycles. The molecule has 4 fully saturated rings. The van der Waals surface area contributed by atoms with Gasteiger partial charge in [-0.1, -0.05) is 6.08 Å². The van der Waals surface area contributed by atoms with E-state index in [0.29, 0.717) is 12.6 Å². The molecule has 0 radical (unpaired) electrons. The Labute approximate surface area is 181 Å². The zero-order valence-corrected chi connectivity index (χ0v) is 18.2. The number of rotatable bonds is 2. The average Bonchev–Trinajstić information content (AvgIpc) is 3.37. The fourth-order valence-corrected chi connectivity index (χ4v) is 6.30. The quantitative estimate of drug-likeness (QED) is 0.623. The van der Waals surface area contributed by atoms with E-state index < -0.39 is 19.0 Å². The molecule has 0 bridgehead atoms. The molecule has 1 atom stereocenters. The van der Waals surface area contributed by atoms with Gasteiger partial charge in [-0.05, 0) is 49.5 Å². The Kier molecular flexibility index (Phi) is 5.14. The number of nitrogens with zero attached hydrogens (tertiary/aromatic N) is 4. The molecular formula is C22H32F2N4O3. The number of halogens is 2. The summed E-state index contributed by atoms with van der Waals surface area (Å²) in [5, 5.41) is 0. The van der Waals surface area contributed by atoms with Crippen LogP contribution >= 0.6 is 0 Å². The van der Waals surface area contributed by atoms with Gasteiger partial charge in [-0.25, -0.2) is 18.4 Å². The van der Waals surface area contributed by atoms with Gasteiger partial charge < -0.3 is 19.4 Å². The van der Waals surface area contributed by atoms with Crippen LogP contribution in [0.25, 0.3) is 0 Å². The van der Waals surface area contributed by atoms with Crippen LogP contribution in [0.3, 0.4) is 0 Å². The maximum atomic E-state index is 13.2. The summed E-state index contributed by atoms with van der Waals surface area (Å²) in [6.45, 7) is 3.23. The first-order valence-corrected chi connectivity index (χ1v) is 11.5. The van der Waals surface area contributed by atoms with Crippen LogP contribution in [0, 0.1) is 5.41 Å². The van der Waals surface area contributed by atoms with Crippen LogP contribution in [0.1, 0.15) is 38.5 Å². The summed E-state index contributed by atoms with van der Waals surface area (Å²) >= 11 is 0. The molecule has 31 heavy (non-hydrogen) atoms. The molecule has 1 saturated carbocycles. The Bertz CT molecular complexity index is 775. The van der Waals surface area contributed by atoms with Crippen molar-refractivity contribution in [2.45, 2.75) is 56.5 Å². The molecule has 1 spiro atoms. The largest absolute Gasteiger partial charge is 0.453 e. The number of urea groups is 1. The van der Waals surface area contributed by atoms with Crippen molar-refractivity contribution in [2.24, 2.45) is 5.41 Å². The maximum absolute atomic E-state index is 13.2. The minimum absolute atomic E-state index is 0.0695. The van der Waals surface area contributed by atoms with Crippen LogP contribution in [0.4, 0.5) is 18.4 Å². The minimum Gasteiger partial charge on any atom is -0.453 e. The summed E-state index contributed by atoms with van der Waals surface area (Å²) in [6, 6.07) is 0.397. The molecule has 3 saturated heterocycles. The first kappa shape index (κ1) is 21.0. The molecule has 0 N–H and O–H groups in total. The summed E-state index contributed by atoms with van der Waals surface area (Å²) < 4.78 is 31.2. The number of carbonyl (C=O) groups is 2. The second-order valence-electron chi connectivity index (χ2n) is 10.1. The molecule has 0 aromatic heterocycles. The van der Waals surface area contributed by atoms with Crippen LogP contribution < -0.4 is 0 Å². The zero-order valence-electron chi connectivity index (χ0n) is 18.2. The predicted octanol–water partition coefficient (Wildman–Crippen LogP) is 2.77. The molecule has 5 rings (SSSR count). The van der Waals surface area contributed by atoms with Gasteiger partial charge in [0.25, 0.3) is 5.92 Å². The van der Waals surface area contributed by atoms with E-state index >= 15 is 0 Å². The van der Waals surface area contributed by atoms with Gasteiger partial charge in [0, 0.05) is 38.8 Å². The zero-order chi connectivity index (χ0) is 21.8. The van der Waals surface area contributed by atoms with Gasteiger partial charge in [-0.15, -0.1) is 0 Å². The normalized spacial score (nSPS) is 35.1. The fraction of sp³-hybridized carbons (Fsp3) is 0.818. The van der Waals surface area contributed by atoms with Crippen molar-refractivity contribution >= 4 is 12.1 Å². The number of methoxy groups -OCH3 is 1. The second kappa shape index (κ2) is 7.60. The van der Waals surface area contributed by atoms with Crippen LogP contribution in [0.15, 0.2) is 11.6 Å². The minimum atomic E-state index is -2.72. The Morgan fingerprint density at radius 1 is 1.10 bits per heavy atom. The lowest BCUT2D eigenvalue weighted by Gasteiger charge is -2.51. The number of likely N-dealkylation sites (tertiary alicyclic amines) is 3. The standard InChI is InChI=1S/C22H32F2N4O3/c1-31-20(30)26-10-6-21(13-26)11-17(12-21)25-8-4-16(5-9-25)18-3-2-7-28(18)19(29)27-14-22(23,24)15-27/h4,17-18H,2-3,5-15H2,1H3/t17?,18-,21?/m0/s1. The summed E-state index contributed by atoms with van der Waals surface area (Å²) in [4.78, 5) is 31.9. The second-order valence-corrected chi connectivity index (χ2v) is 10.1. The monoisotopic (exact) mass is 438 g/mol. The predicted molar refractivity (Wildman–Crippen MR) is 110 cm³/mol. The number of carbonyl (C=O) groups excluding carboxylic acids is 2. The third-order valence-electron chi connectivity index (χ3n) is 8.04. The van der Waals surface area contributed by atoms with Crippen molar-refractivity contribution in [1.29, 1.82) is 0 Å². The third-order valence-corrected chi connectivity index (χ3v) is 8.04. The molecule has 172 valence electrons. The molecule has 5 aliphatic rings. The van der Waals surface area contributed by atoms with E-state index in [4.69, 9.17) is 4.74 Å². The molecule has 0 aromatic carbocycles. The number of hydrogen-bond acceptors (Lipinski definition) is 4. The van der Waals surface area contributed by atoms with Crippen molar-refractivity contribution in [3.63, 3.8) is 0 Å². The van der Waals surface area contributed by atoms with Gasteiger partial charge in [-0.2, -0.15) is 0 Å². The highest BCUT2D eigenvalue weighted by atomic mass is 19.3. The van der Waals surface area contributed by atoms with Gasteiger partial charge in [0.2, 0.25) is 0 Å². The van der Waals surface area contributed by atoms with E-state index in [9.17, 15) is 18.4 Å². The number of alkyl halides is 2. The van der Waals surface area contributed by atoms with E-state index in [1.807, 2.05) is 9.80 Å². The Hall–Kier alpha value is -1.90. The Morgan fingerprint density at radius 3 is 2.52 bits per heavy atom. The van der Waals surface area contributed by atoms with Crippen molar-refractivity contribution in [1.82, 2.24) is 19.6 Å². The number of ether oxygens (including phenoxy) is 1. The van der Waals surface area contributed by atoms with Crippen LogP contribution in [0.2, 0.25) is 0 Å². The van der Waals surface area contributed by atoms with Gasteiger partial charge in [0.1, 0.15) is 0 Å². The fourth-order valence-electron chi connectivity index (χ4n) is 6.30. The van der Waals surface area contributed by atoms with Crippen molar-refractivity contribution in [2.75, 3.05) is 52.9 Å². The lowest BCUT2D eigenvalue weighted by Crippen LogP contribution is -2.62. The van der Waals surface area contributed by atoms with E-state index in [0.717, 1.165) is 64.7 Å². The molecule has 7 nitrogen and oxygen atoms in total. The third kappa shape index (κ3) is 3.79. The van der Waals surface area contributed by atoms with Crippen LogP contribution in [-0.4, -0.2) is 103 Å². The van der Waals surface area contributed by atoms with Crippen molar-refractivity contribution < 1.29 is 23.1 Å². The first-order valence-electron chi connectivity index (χ1n) is 11.5. The summed E-state index contributed by atoms with van der Waals surface area (Å²) in [6.07, 6.45) is 8.15. The van der Waals surface area contributed by atoms with Gasteiger partial charge >= 0.3 is 12.1 Å². The van der Waals surface area contributed by atoms with Gasteiger partial charge in [-0.3, -0.25) is 4.90 Å². The van der Waals surface area contributed by atoms with E-state index in [1.54, 1.807) is 0 Å². The number of amides is 3. The van der Waals surface area contributed by atoms with E-state index in [1.165, 1.54) is 17.6 Å². The molecular weight excluding hydrogens is 406 g/mol. The highest BCUT2D eigenvalue weighted by Gasteiger charge is 2.52. The molecule has 0 aromatic rings. The van der Waals surface area contributed by atoms with E-state index in [2.05, 4.69) is 11.0 Å². The van der Waals surface area contributed by atoms with Crippen molar-refractivity contribution in [3.8, 4) is 0 Å². The molecule has 4 aliphatic heterocycles. The lowest BCUT2D eigenvalue weighted by molar-refractivity contribution is -0.114. The van der Waals surface area contributed by atoms with Gasteiger partial charge in [0.05, 0.1) is 26.2 Å². The first-order chi connectivity index (χ1) is 14.8. The molecule has 4 heterocycles. The summed E-state index contributed by atoms with van der Waals surface area (Å²) in [7, 11) is 1.44. The van der Waals surface area contributed by atoms with E-state index in [-0.39, 0.29) is 23.6 Å². The highest BCUT2D eigenvalue weighted by molar-refractivity contribution is 5.76. The van der Waals surface area contributed by atoms with Crippen molar-refractivity contribution in [3.05, 3.63) is 11.6 Å².